The van der Waals surface area contributed by atoms with E-state index in [0.717, 1.165) is 64.7 Å². The van der Waals surface area contributed by atoms with Crippen molar-refractivity contribution in [3.8, 4) is 0 Å². The van der Waals surface area contributed by atoms with Gasteiger partial charge in [0.1, 0.15) is 13.1 Å². The summed E-state index contributed by atoms with van der Waals surface area (Å²) in [6.07, 6.45) is 6.53. The van der Waals surface area contributed by atoms with E-state index in [1.807, 2.05) is 14.1 Å². The molecule has 0 aliphatic rings. The molecule has 2 heterocycles. The maximum atomic E-state index is 12.7. The average molecular weight is 785 g/mol. The molecule has 58 heavy (non-hydrogen) atoms. The van der Waals surface area contributed by atoms with Crippen LogP contribution in [0.25, 0.3) is 43.6 Å². The Morgan fingerprint density at radius 2 is 0.862 bits per heavy atom. The number of unbranched alkanes of at least 4 members (excludes halogenated alkanes) is 4. The van der Waals surface area contributed by atoms with Gasteiger partial charge in [-0.05, 0) is 99.4 Å². The summed E-state index contributed by atoms with van der Waals surface area (Å²) in [5, 5.41) is 17.5. The van der Waals surface area contributed by atoms with Crippen LogP contribution in [0.1, 0.15) is 62.5 Å². The Kier molecular flexibility index (Phi) is 14.9. The number of aromatic nitrogens is 2. The molecule has 0 bridgehead atoms. The number of fused-ring (bicyclic) bond motifs is 4. The van der Waals surface area contributed by atoms with E-state index in [1.165, 1.54) is 66.1 Å². The number of pyridine rings is 2. The van der Waals surface area contributed by atoms with Crippen LogP contribution in [0.4, 0.5) is 11.4 Å². The molecule has 10 heteroatoms. The van der Waals surface area contributed by atoms with Crippen LogP contribution in [0.2, 0.25) is 0 Å². The molecule has 306 valence electrons. The molecule has 0 aliphatic heterocycles. The zero-order chi connectivity index (χ0) is 41.0. The van der Waals surface area contributed by atoms with Crippen molar-refractivity contribution in [3.05, 3.63) is 96.1 Å². The summed E-state index contributed by atoms with van der Waals surface area (Å²) in [6.45, 7) is 4.31. The Hall–Kier alpha value is -5.32. The number of hydrogen-bond donors (Lipinski definition) is 4. The molecule has 0 spiro atoms. The van der Waals surface area contributed by atoms with Gasteiger partial charge in [-0.15, -0.1) is 0 Å². The van der Waals surface area contributed by atoms with Gasteiger partial charge in [-0.3, -0.25) is 9.59 Å². The van der Waals surface area contributed by atoms with Crippen LogP contribution >= 0.6 is 0 Å². The van der Waals surface area contributed by atoms with Crippen LogP contribution in [-0.2, 0) is 35.8 Å². The van der Waals surface area contributed by atoms with Gasteiger partial charge < -0.3 is 31.1 Å². The predicted octanol–water partition coefficient (Wildman–Crippen LogP) is 6.50. The predicted molar refractivity (Wildman–Crippen MR) is 240 cm³/mol. The number of nitrogens with zero attached hydrogens (tertiary/aromatic N) is 4. The molecule has 2 amide bonds. The number of benzene rings is 4. The summed E-state index contributed by atoms with van der Waals surface area (Å²) in [5.41, 5.74) is 9.82. The van der Waals surface area contributed by atoms with Gasteiger partial charge in [-0.2, -0.15) is 9.13 Å². The normalized spacial score (nSPS) is 11.5. The highest BCUT2D eigenvalue weighted by molar-refractivity contribution is 5.92. The van der Waals surface area contributed by atoms with Crippen molar-refractivity contribution in [2.75, 3.05) is 65.2 Å². The van der Waals surface area contributed by atoms with E-state index < -0.39 is 0 Å². The highest BCUT2D eigenvalue weighted by Gasteiger charge is 2.19. The van der Waals surface area contributed by atoms with E-state index in [2.05, 4.69) is 153 Å². The van der Waals surface area contributed by atoms with Crippen LogP contribution < -0.4 is 40.2 Å². The molecule has 0 fully saturated rings. The number of aryl methyl sites for hydroxylation is 2. The first kappa shape index (κ1) is 42.3. The topological polar surface area (TPSA) is 96.5 Å². The van der Waals surface area contributed by atoms with Crippen LogP contribution in [0, 0.1) is 0 Å². The zero-order valence-electron chi connectivity index (χ0n) is 35.6. The summed E-state index contributed by atoms with van der Waals surface area (Å²) in [6, 6.07) is 31.4. The van der Waals surface area contributed by atoms with E-state index in [1.54, 1.807) is 0 Å². The van der Waals surface area contributed by atoms with Crippen molar-refractivity contribution >= 4 is 66.8 Å². The second-order valence-corrected chi connectivity index (χ2v) is 16.0. The number of carbonyl (C=O) groups excluding carboxylic acids is 2. The van der Waals surface area contributed by atoms with Crippen molar-refractivity contribution in [2.24, 2.45) is 0 Å². The highest BCUT2D eigenvalue weighted by atomic mass is 16.2. The Balaban J connectivity index is 0.917. The minimum absolute atomic E-state index is 0.0402. The molecule has 0 aliphatic carbocycles. The minimum atomic E-state index is 0.0402. The summed E-state index contributed by atoms with van der Waals surface area (Å²) < 4.78 is 4.90. The first-order valence-electron chi connectivity index (χ1n) is 21.1. The third-order valence-corrected chi connectivity index (χ3v) is 11.1. The average Bonchev–Trinajstić information content (AvgIpc) is 3.21. The summed E-state index contributed by atoms with van der Waals surface area (Å²) in [5.74, 6) is 0.0816. The summed E-state index contributed by atoms with van der Waals surface area (Å²) in [4.78, 5) is 29.6. The molecule has 4 N–H and O–H groups in total. The van der Waals surface area contributed by atoms with Crippen LogP contribution in [0.5, 0.6) is 0 Å². The van der Waals surface area contributed by atoms with Gasteiger partial charge in [0.25, 0.3) is 0 Å². The van der Waals surface area contributed by atoms with E-state index in [9.17, 15) is 9.59 Å². The molecule has 0 atom stereocenters. The van der Waals surface area contributed by atoms with E-state index in [0.29, 0.717) is 25.9 Å². The number of rotatable bonds is 21. The van der Waals surface area contributed by atoms with Crippen molar-refractivity contribution in [1.82, 2.24) is 21.3 Å². The Labute approximate surface area is 344 Å². The fraction of sp³-hybridized carbons (Fsp3) is 0.417. The molecule has 6 rings (SSSR count). The van der Waals surface area contributed by atoms with E-state index >= 15 is 0 Å². The number of anilines is 2. The fourth-order valence-corrected chi connectivity index (χ4v) is 7.97. The number of nitrogens with one attached hydrogen (secondary N) is 4. The quantitative estimate of drug-likeness (QED) is 0.0379. The largest absolute Gasteiger partial charge is 0.377 e. The number of hydrogen-bond acceptors (Lipinski definition) is 6. The molecular formula is C48H64N8O2+2. The molecule has 0 saturated heterocycles. The number of amides is 2. The van der Waals surface area contributed by atoms with Gasteiger partial charge in [-0.25, -0.2) is 0 Å². The minimum Gasteiger partial charge on any atom is -0.377 e. The van der Waals surface area contributed by atoms with Crippen LogP contribution in [0.15, 0.2) is 84.9 Å². The Morgan fingerprint density at radius 3 is 1.24 bits per heavy atom. The van der Waals surface area contributed by atoms with Crippen molar-refractivity contribution < 1.29 is 18.7 Å². The molecule has 0 unspecified atom stereocenters. The van der Waals surface area contributed by atoms with Crippen molar-refractivity contribution in [2.45, 2.75) is 77.5 Å². The molecule has 10 nitrogen and oxygen atoms in total. The smallest absolute Gasteiger partial charge is 0.220 e. The van der Waals surface area contributed by atoms with Gasteiger partial charge in [0.2, 0.25) is 33.9 Å². The third-order valence-electron chi connectivity index (χ3n) is 11.1. The Morgan fingerprint density at radius 1 is 0.483 bits per heavy atom. The molecular weight excluding hydrogens is 721 g/mol. The fourth-order valence-electron chi connectivity index (χ4n) is 7.97. The van der Waals surface area contributed by atoms with E-state index in [4.69, 9.17) is 0 Å². The van der Waals surface area contributed by atoms with Crippen LogP contribution in [0.3, 0.4) is 0 Å². The lowest BCUT2D eigenvalue weighted by molar-refractivity contribution is -0.646. The second kappa shape index (κ2) is 20.4. The van der Waals surface area contributed by atoms with Crippen molar-refractivity contribution in [3.63, 3.8) is 0 Å². The third kappa shape index (κ3) is 10.8. The van der Waals surface area contributed by atoms with Crippen molar-refractivity contribution in [1.29, 1.82) is 0 Å². The first-order valence-corrected chi connectivity index (χ1v) is 21.1. The zero-order valence-corrected chi connectivity index (χ0v) is 35.6. The van der Waals surface area contributed by atoms with Gasteiger partial charge in [0, 0.05) is 137 Å². The lowest BCUT2D eigenvalue weighted by Gasteiger charge is -2.15. The first-order chi connectivity index (χ1) is 28.1. The maximum absolute atomic E-state index is 12.7. The summed E-state index contributed by atoms with van der Waals surface area (Å²) >= 11 is 0. The summed E-state index contributed by atoms with van der Waals surface area (Å²) in [7, 11) is 12.3. The molecule has 0 saturated carbocycles. The maximum Gasteiger partial charge on any atom is 0.220 e. The lowest BCUT2D eigenvalue weighted by atomic mass is 10.0. The molecule has 0 radical (unpaired) electrons. The van der Waals surface area contributed by atoms with E-state index in [-0.39, 0.29) is 11.8 Å². The lowest BCUT2D eigenvalue weighted by Crippen LogP contribution is -2.36. The monoisotopic (exact) mass is 785 g/mol. The van der Waals surface area contributed by atoms with Gasteiger partial charge >= 0.3 is 0 Å². The molecule has 6 aromatic rings. The SMILES string of the molecule is CNCc1ccc2cc3ccc(CNC)cc3[n+](CCCCCC(=O)NCCNC(=O)CCCCC[n+]3c4cc(N(C)C)ccc4cc4ccc(N(C)C)cc43)c2c1. The molecule has 2 aromatic heterocycles. The standard InChI is InChI=1S/C48H62N8O2/c1-49-33-35-15-17-37-29-38-18-16-36(34-50-2)28-44(38)55(43(37)27-35)25-11-7-9-13-47(57)51-23-24-52-48(58)14-10-8-12-26-56-45-31-41(53(3)4)21-19-39(45)30-40-20-22-42(54(5)6)32-46(40)56/h15-22,27-32,49-50H,7-14,23-26,33-34H2,1-6H3/p+2. The second-order valence-electron chi connectivity index (χ2n) is 16.0. The van der Waals surface area contributed by atoms with Gasteiger partial charge in [0.05, 0.1) is 0 Å². The van der Waals surface area contributed by atoms with Gasteiger partial charge in [0.15, 0.2) is 0 Å². The van der Waals surface area contributed by atoms with Crippen LogP contribution in [-0.4, -0.2) is 67.2 Å². The molecule has 4 aromatic carbocycles. The number of carbonyl (C=O) groups is 2. The Bertz CT molecular complexity index is 2230. The highest BCUT2D eigenvalue weighted by Crippen LogP contribution is 2.26. The van der Waals surface area contributed by atoms with Gasteiger partial charge in [-0.1, -0.05) is 12.1 Å².